The van der Waals surface area contributed by atoms with Gasteiger partial charge in [0.05, 0.1) is 12.4 Å². The molecule has 142 valence electrons. The Morgan fingerprint density at radius 2 is 2.04 bits per heavy atom. The van der Waals surface area contributed by atoms with Gasteiger partial charge in [-0.3, -0.25) is 4.79 Å². The molecular formula is C18H26N4O2S2. The van der Waals surface area contributed by atoms with Crippen LogP contribution in [0.2, 0.25) is 0 Å². The monoisotopic (exact) mass is 394 g/mol. The number of aromatic nitrogens is 2. The van der Waals surface area contributed by atoms with Gasteiger partial charge in [-0.05, 0) is 31.0 Å². The highest BCUT2D eigenvalue weighted by atomic mass is 32.2. The van der Waals surface area contributed by atoms with Gasteiger partial charge >= 0.3 is 0 Å². The number of thioether (sulfide) groups is 1. The molecule has 1 heterocycles. The van der Waals surface area contributed by atoms with Crippen molar-refractivity contribution in [3.8, 4) is 5.75 Å². The minimum Gasteiger partial charge on any atom is -0.494 e. The number of anilines is 1. The number of rotatable bonds is 11. The Morgan fingerprint density at radius 3 is 2.73 bits per heavy atom. The highest BCUT2D eigenvalue weighted by Crippen LogP contribution is 2.25. The first kappa shape index (κ1) is 20.5. The summed E-state index contributed by atoms with van der Waals surface area (Å²) in [6.07, 6.45) is 2.25. The van der Waals surface area contributed by atoms with Gasteiger partial charge in [-0.15, -0.1) is 10.2 Å². The maximum atomic E-state index is 12.3. The zero-order chi connectivity index (χ0) is 18.8. The minimum atomic E-state index is 0.0691. The molecule has 8 heteroatoms. The second-order valence-electron chi connectivity index (χ2n) is 5.77. The van der Waals surface area contributed by atoms with Crippen LogP contribution in [-0.2, 0) is 11.3 Å². The number of hydrogen-bond acceptors (Lipinski definition) is 7. The number of unbranched alkanes of at least 4 members (excludes halogenated alkanes) is 1. The van der Waals surface area contributed by atoms with Crippen LogP contribution < -0.4 is 10.1 Å². The Labute approximate surface area is 163 Å². The van der Waals surface area contributed by atoms with Crippen LogP contribution in [0.1, 0.15) is 32.3 Å². The Balaban J connectivity index is 1.76. The first-order chi connectivity index (χ1) is 12.6. The fourth-order valence-electron chi connectivity index (χ4n) is 2.17. The predicted octanol–water partition coefficient (Wildman–Crippen LogP) is 3.90. The fraction of sp³-hybridized carbons (Fsp3) is 0.500. The maximum Gasteiger partial charge on any atom is 0.233 e. The van der Waals surface area contributed by atoms with Crippen LogP contribution >= 0.6 is 23.1 Å². The van der Waals surface area contributed by atoms with Crippen LogP contribution in [0.5, 0.6) is 5.75 Å². The molecule has 0 atom stereocenters. The summed E-state index contributed by atoms with van der Waals surface area (Å²) in [6, 6.07) is 7.84. The standard InChI is InChI=1S/C18H26N4O2S2/c1-4-6-11-19-17-20-21-18(26-17)25-13-16(23)22(3)12-14-7-9-15(10-8-14)24-5-2/h7-10H,4-6,11-13H2,1-3H3,(H,19,20). The molecule has 0 bridgehead atoms. The Bertz CT molecular complexity index is 676. The molecule has 0 saturated heterocycles. The summed E-state index contributed by atoms with van der Waals surface area (Å²) in [5, 5.41) is 12.3. The lowest BCUT2D eigenvalue weighted by Crippen LogP contribution is -2.27. The number of nitrogens with zero attached hydrogens (tertiary/aromatic N) is 3. The maximum absolute atomic E-state index is 12.3. The number of hydrogen-bond donors (Lipinski definition) is 1. The van der Waals surface area contributed by atoms with Crippen LogP contribution in [-0.4, -0.2) is 47.0 Å². The molecule has 2 rings (SSSR count). The van der Waals surface area contributed by atoms with Crippen molar-refractivity contribution in [2.45, 2.75) is 37.6 Å². The second-order valence-corrected chi connectivity index (χ2v) is 7.97. The molecule has 26 heavy (non-hydrogen) atoms. The average Bonchev–Trinajstić information content (AvgIpc) is 3.09. The number of carbonyl (C=O) groups is 1. The van der Waals surface area contributed by atoms with E-state index in [1.54, 1.807) is 4.90 Å². The molecule has 0 radical (unpaired) electrons. The van der Waals surface area contributed by atoms with Crippen LogP contribution in [0.4, 0.5) is 5.13 Å². The van der Waals surface area contributed by atoms with Crippen molar-refractivity contribution in [3.05, 3.63) is 29.8 Å². The van der Waals surface area contributed by atoms with E-state index in [1.807, 2.05) is 38.2 Å². The summed E-state index contributed by atoms with van der Waals surface area (Å²) in [5.74, 6) is 1.27. The molecular weight excluding hydrogens is 368 g/mol. The number of carbonyl (C=O) groups excluding carboxylic acids is 1. The molecule has 0 unspecified atom stereocenters. The average molecular weight is 395 g/mol. The molecule has 0 saturated carbocycles. The van der Waals surface area contributed by atoms with Crippen molar-refractivity contribution < 1.29 is 9.53 Å². The molecule has 2 aromatic rings. The van der Waals surface area contributed by atoms with Gasteiger partial charge in [-0.2, -0.15) is 0 Å². The topological polar surface area (TPSA) is 67.4 Å². The summed E-state index contributed by atoms with van der Waals surface area (Å²) in [6.45, 7) is 6.24. The third-order valence-corrected chi connectivity index (χ3v) is 5.61. The molecule has 0 fully saturated rings. The van der Waals surface area contributed by atoms with Crippen molar-refractivity contribution in [3.63, 3.8) is 0 Å². The molecule has 1 amide bonds. The Hall–Kier alpha value is -1.80. The van der Waals surface area contributed by atoms with E-state index in [1.165, 1.54) is 23.1 Å². The normalized spacial score (nSPS) is 10.6. The lowest BCUT2D eigenvalue weighted by atomic mass is 10.2. The van der Waals surface area contributed by atoms with E-state index in [-0.39, 0.29) is 5.91 Å². The number of benzene rings is 1. The van der Waals surface area contributed by atoms with E-state index < -0.39 is 0 Å². The van der Waals surface area contributed by atoms with E-state index >= 15 is 0 Å². The number of nitrogens with one attached hydrogen (secondary N) is 1. The summed E-state index contributed by atoms with van der Waals surface area (Å²) < 4.78 is 6.24. The van der Waals surface area contributed by atoms with Crippen LogP contribution in [0.3, 0.4) is 0 Å². The number of amides is 1. The molecule has 0 spiro atoms. The fourth-order valence-corrected chi connectivity index (χ4v) is 3.88. The van der Waals surface area contributed by atoms with Crippen molar-refractivity contribution in [2.24, 2.45) is 0 Å². The highest BCUT2D eigenvalue weighted by Gasteiger charge is 2.12. The first-order valence-corrected chi connectivity index (χ1v) is 10.6. The Morgan fingerprint density at radius 1 is 1.27 bits per heavy atom. The Kier molecular flexibility index (Phi) is 8.70. The minimum absolute atomic E-state index is 0.0691. The lowest BCUT2D eigenvalue weighted by molar-refractivity contribution is -0.127. The van der Waals surface area contributed by atoms with Crippen molar-refractivity contribution >= 4 is 34.1 Å². The van der Waals surface area contributed by atoms with Crippen molar-refractivity contribution in [1.29, 1.82) is 0 Å². The smallest absolute Gasteiger partial charge is 0.233 e. The summed E-state index contributed by atoms with van der Waals surface area (Å²) in [4.78, 5) is 14.1. The molecule has 6 nitrogen and oxygen atoms in total. The zero-order valence-electron chi connectivity index (χ0n) is 15.5. The zero-order valence-corrected chi connectivity index (χ0v) is 17.2. The third-order valence-electron chi connectivity index (χ3n) is 3.61. The van der Waals surface area contributed by atoms with E-state index in [0.717, 1.165) is 40.2 Å². The van der Waals surface area contributed by atoms with Crippen LogP contribution in [0.25, 0.3) is 0 Å². The van der Waals surface area contributed by atoms with Crippen molar-refractivity contribution in [2.75, 3.05) is 31.3 Å². The molecule has 0 aliphatic carbocycles. The van der Waals surface area contributed by atoms with Gasteiger partial charge in [0.15, 0.2) is 4.34 Å². The summed E-state index contributed by atoms with van der Waals surface area (Å²) in [5.41, 5.74) is 1.08. The lowest BCUT2D eigenvalue weighted by Gasteiger charge is -2.17. The van der Waals surface area contributed by atoms with Gasteiger partial charge in [0, 0.05) is 20.1 Å². The summed E-state index contributed by atoms with van der Waals surface area (Å²) in [7, 11) is 1.82. The molecule has 1 N–H and O–H groups in total. The third kappa shape index (κ3) is 6.84. The first-order valence-electron chi connectivity index (χ1n) is 8.78. The molecule has 0 aliphatic heterocycles. The van der Waals surface area contributed by atoms with Gasteiger partial charge in [-0.1, -0.05) is 48.6 Å². The second kappa shape index (κ2) is 11.0. The van der Waals surface area contributed by atoms with E-state index in [4.69, 9.17) is 4.74 Å². The van der Waals surface area contributed by atoms with Crippen molar-refractivity contribution in [1.82, 2.24) is 15.1 Å². The van der Waals surface area contributed by atoms with Gasteiger partial charge in [-0.25, -0.2) is 0 Å². The van der Waals surface area contributed by atoms with Gasteiger partial charge in [0.25, 0.3) is 0 Å². The highest BCUT2D eigenvalue weighted by molar-refractivity contribution is 8.01. The van der Waals surface area contributed by atoms with Gasteiger partial charge in [0.1, 0.15) is 5.75 Å². The van der Waals surface area contributed by atoms with E-state index in [9.17, 15) is 4.79 Å². The summed E-state index contributed by atoms with van der Waals surface area (Å²) >= 11 is 2.92. The predicted molar refractivity (Wildman–Crippen MR) is 108 cm³/mol. The SMILES string of the molecule is CCCCNc1nnc(SCC(=O)N(C)Cc2ccc(OCC)cc2)s1. The molecule has 0 aliphatic rings. The number of ether oxygens (including phenoxy) is 1. The van der Waals surface area contributed by atoms with Gasteiger partial charge < -0.3 is 15.0 Å². The molecule has 1 aromatic carbocycles. The molecule has 1 aromatic heterocycles. The van der Waals surface area contributed by atoms with Gasteiger partial charge in [0.2, 0.25) is 11.0 Å². The van der Waals surface area contributed by atoms with Crippen LogP contribution in [0.15, 0.2) is 28.6 Å². The quantitative estimate of drug-likeness (QED) is 0.460. The largest absolute Gasteiger partial charge is 0.494 e. The van der Waals surface area contributed by atoms with Crippen LogP contribution in [0, 0.1) is 0 Å². The van der Waals surface area contributed by atoms with E-state index in [2.05, 4.69) is 22.4 Å². The van der Waals surface area contributed by atoms with E-state index in [0.29, 0.717) is 18.9 Å².